The first-order valence-corrected chi connectivity index (χ1v) is 7.49. The Morgan fingerprint density at radius 2 is 2.17 bits per heavy atom. The summed E-state index contributed by atoms with van der Waals surface area (Å²) >= 11 is 0. The highest BCUT2D eigenvalue weighted by Crippen LogP contribution is 2.18. The van der Waals surface area contributed by atoms with Crippen LogP contribution in [0.4, 0.5) is 0 Å². The first-order chi connectivity index (χ1) is 11.1. The fraction of sp³-hybridized carbons (Fsp3) is 0.294. The normalized spacial score (nSPS) is 12.7. The lowest BCUT2D eigenvalue weighted by molar-refractivity contribution is 0.0932. The molecule has 0 saturated carbocycles. The van der Waals surface area contributed by atoms with Crippen LogP contribution in [0, 0.1) is 6.92 Å². The number of hydrogen-bond donors (Lipinski definition) is 1. The molecular weight excluding hydrogens is 292 g/mol. The molecule has 23 heavy (non-hydrogen) atoms. The average molecular weight is 312 g/mol. The minimum absolute atomic E-state index is 0.0200. The number of amides is 1. The van der Waals surface area contributed by atoms with E-state index in [1.807, 2.05) is 66.8 Å². The van der Waals surface area contributed by atoms with Crippen molar-refractivity contribution in [2.24, 2.45) is 0 Å². The third-order valence-electron chi connectivity index (χ3n) is 3.87. The second-order valence-electron chi connectivity index (χ2n) is 5.68. The predicted molar refractivity (Wildman–Crippen MR) is 87.4 cm³/mol. The standard InChI is InChI=1S/C17H20N4O2/c1-12-16(21-9-5-4-8-15(21)19-12)17(22)18-11-13(20(2)3)14-7-6-10-23-14/h4-10,13H,11H2,1-3H3,(H,18,22)/t13-/m0/s1. The number of aromatic nitrogens is 2. The van der Waals surface area contributed by atoms with E-state index < -0.39 is 0 Å². The molecule has 1 atom stereocenters. The summed E-state index contributed by atoms with van der Waals surface area (Å²) in [5, 5.41) is 2.99. The molecule has 3 heterocycles. The molecule has 1 N–H and O–H groups in total. The van der Waals surface area contributed by atoms with Gasteiger partial charge in [0, 0.05) is 12.7 Å². The van der Waals surface area contributed by atoms with Crippen LogP contribution in [0.3, 0.4) is 0 Å². The summed E-state index contributed by atoms with van der Waals surface area (Å²) < 4.78 is 7.27. The quantitative estimate of drug-likeness (QED) is 0.785. The Labute approximate surface area is 134 Å². The fourth-order valence-electron chi connectivity index (χ4n) is 2.68. The highest BCUT2D eigenvalue weighted by Gasteiger charge is 2.21. The number of nitrogens with one attached hydrogen (secondary N) is 1. The monoisotopic (exact) mass is 312 g/mol. The van der Waals surface area contributed by atoms with Crippen LogP contribution >= 0.6 is 0 Å². The Kier molecular flexibility index (Phi) is 4.16. The van der Waals surface area contributed by atoms with Crippen LogP contribution in [-0.2, 0) is 0 Å². The lowest BCUT2D eigenvalue weighted by atomic mass is 10.2. The van der Waals surface area contributed by atoms with E-state index in [0.29, 0.717) is 17.9 Å². The number of rotatable bonds is 5. The second kappa shape index (κ2) is 6.26. The van der Waals surface area contributed by atoms with Gasteiger partial charge in [0.25, 0.3) is 5.91 Å². The molecular formula is C17H20N4O2. The van der Waals surface area contributed by atoms with Gasteiger partial charge in [-0.3, -0.25) is 14.1 Å². The number of pyridine rings is 1. The van der Waals surface area contributed by atoms with Crippen molar-refractivity contribution in [2.75, 3.05) is 20.6 Å². The van der Waals surface area contributed by atoms with Gasteiger partial charge < -0.3 is 9.73 Å². The third kappa shape index (κ3) is 2.98. The summed E-state index contributed by atoms with van der Waals surface area (Å²) in [5.41, 5.74) is 2.05. The zero-order chi connectivity index (χ0) is 16.4. The minimum Gasteiger partial charge on any atom is -0.468 e. The number of hydrogen-bond acceptors (Lipinski definition) is 4. The molecule has 0 aromatic carbocycles. The zero-order valence-corrected chi connectivity index (χ0v) is 13.5. The summed E-state index contributed by atoms with van der Waals surface area (Å²) in [6, 6.07) is 9.42. The van der Waals surface area contributed by atoms with E-state index in [2.05, 4.69) is 10.3 Å². The highest BCUT2D eigenvalue weighted by atomic mass is 16.3. The van der Waals surface area contributed by atoms with Gasteiger partial charge in [0.05, 0.1) is 18.0 Å². The molecule has 0 saturated heterocycles. The molecule has 6 nitrogen and oxygen atoms in total. The van der Waals surface area contributed by atoms with E-state index in [1.165, 1.54) is 0 Å². The molecule has 6 heteroatoms. The number of nitrogens with zero attached hydrogens (tertiary/aromatic N) is 3. The molecule has 0 spiro atoms. The Bertz CT molecular complexity index is 805. The van der Waals surface area contributed by atoms with Gasteiger partial charge in [0.2, 0.25) is 0 Å². The van der Waals surface area contributed by atoms with Crippen LogP contribution in [0.2, 0.25) is 0 Å². The number of aryl methyl sites for hydroxylation is 1. The van der Waals surface area contributed by atoms with Crippen molar-refractivity contribution in [1.82, 2.24) is 19.6 Å². The van der Waals surface area contributed by atoms with Crippen LogP contribution in [0.25, 0.3) is 5.65 Å². The Hall–Kier alpha value is -2.60. The van der Waals surface area contributed by atoms with Gasteiger partial charge in [-0.05, 0) is 45.3 Å². The number of fused-ring (bicyclic) bond motifs is 1. The van der Waals surface area contributed by atoms with Crippen molar-refractivity contribution in [3.8, 4) is 0 Å². The predicted octanol–water partition coefficient (Wildman–Crippen LogP) is 2.27. The summed E-state index contributed by atoms with van der Waals surface area (Å²) in [4.78, 5) is 19.0. The number of carbonyl (C=O) groups excluding carboxylic acids is 1. The molecule has 0 radical (unpaired) electrons. The molecule has 1 amide bonds. The van der Waals surface area contributed by atoms with Gasteiger partial charge >= 0.3 is 0 Å². The smallest absolute Gasteiger partial charge is 0.270 e. The number of likely N-dealkylation sites (N-methyl/N-ethyl adjacent to an activating group) is 1. The van der Waals surface area contributed by atoms with E-state index in [-0.39, 0.29) is 11.9 Å². The number of imidazole rings is 1. The van der Waals surface area contributed by atoms with Gasteiger partial charge in [0.15, 0.2) is 0 Å². The maximum Gasteiger partial charge on any atom is 0.270 e. The molecule has 3 aromatic rings. The second-order valence-corrected chi connectivity index (χ2v) is 5.68. The maximum atomic E-state index is 12.6. The van der Waals surface area contributed by atoms with Crippen molar-refractivity contribution in [3.05, 3.63) is 59.9 Å². The summed E-state index contributed by atoms with van der Waals surface area (Å²) in [7, 11) is 3.91. The van der Waals surface area contributed by atoms with Gasteiger partial charge in [0.1, 0.15) is 17.1 Å². The van der Waals surface area contributed by atoms with Crippen molar-refractivity contribution in [2.45, 2.75) is 13.0 Å². The van der Waals surface area contributed by atoms with Crippen molar-refractivity contribution < 1.29 is 9.21 Å². The lowest BCUT2D eigenvalue weighted by Gasteiger charge is -2.22. The van der Waals surface area contributed by atoms with E-state index >= 15 is 0 Å². The fourth-order valence-corrected chi connectivity index (χ4v) is 2.68. The molecule has 0 bridgehead atoms. The van der Waals surface area contributed by atoms with Crippen molar-refractivity contribution in [3.63, 3.8) is 0 Å². The minimum atomic E-state index is -0.139. The summed E-state index contributed by atoms with van der Waals surface area (Å²) in [6.07, 6.45) is 3.49. The molecule has 0 aliphatic rings. The molecule has 120 valence electrons. The van der Waals surface area contributed by atoms with E-state index in [0.717, 1.165) is 11.4 Å². The highest BCUT2D eigenvalue weighted by molar-refractivity contribution is 5.94. The topological polar surface area (TPSA) is 62.8 Å². The summed E-state index contributed by atoms with van der Waals surface area (Å²) in [5.74, 6) is 0.685. The molecule has 0 unspecified atom stereocenters. The van der Waals surface area contributed by atoms with Crippen LogP contribution < -0.4 is 5.32 Å². The van der Waals surface area contributed by atoms with Crippen molar-refractivity contribution in [1.29, 1.82) is 0 Å². The Balaban J connectivity index is 1.79. The first-order valence-electron chi connectivity index (χ1n) is 7.49. The van der Waals surface area contributed by atoms with E-state index in [4.69, 9.17) is 4.42 Å². The molecule has 3 rings (SSSR count). The molecule has 3 aromatic heterocycles. The van der Waals surface area contributed by atoms with Crippen LogP contribution in [0.5, 0.6) is 0 Å². The first kappa shape index (κ1) is 15.3. The third-order valence-corrected chi connectivity index (χ3v) is 3.87. The lowest BCUT2D eigenvalue weighted by Crippen LogP contribution is -2.35. The van der Waals surface area contributed by atoms with E-state index in [9.17, 15) is 4.79 Å². The van der Waals surface area contributed by atoms with Crippen LogP contribution in [-0.4, -0.2) is 40.8 Å². The van der Waals surface area contributed by atoms with Gasteiger partial charge in [-0.25, -0.2) is 4.98 Å². The maximum absolute atomic E-state index is 12.6. The van der Waals surface area contributed by atoms with Crippen molar-refractivity contribution >= 4 is 11.6 Å². The average Bonchev–Trinajstić information content (AvgIpc) is 3.13. The SMILES string of the molecule is Cc1nc2ccccn2c1C(=O)NC[C@@H](c1ccco1)N(C)C. The molecule has 0 aliphatic heterocycles. The Morgan fingerprint density at radius 1 is 1.35 bits per heavy atom. The van der Waals surface area contributed by atoms with Crippen LogP contribution in [0.1, 0.15) is 28.0 Å². The van der Waals surface area contributed by atoms with Gasteiger partial charge in [-0.15, -0.1) is 0 Å². The molecule has 0 fully saturated rings. The van der Waals surface area contributed by atoms with Gasteiger partial charge in [-0.2, -0.15) is 0 Å². The van der Waals surface area contributed by atoms with Crippen LogP contribution in [0.15, 0.2) is 47.2 Å². The largest absolute Gasteiger partial charge is 0.468 e. The van der Waals surface area contributed by atoms with E-state index in [1.54, 1.807) is 6.26 Å². The number of carbonyl (C=O) groups is 1. The summed E-state index contributed by atoms with van der Waals surface area (Å²) in [6.45, 7) is 2.30. The zero-order valence-electron chi connectivity index (χ0n) is 13.5. The molecule has 0 aliphatic carbocycles. The number of furan rings is 1. The van der Waals surface area contributed by atoms with Gasteiger partial charge in [-0.1, -0.05) is 6.07 Å². The Morgan fingerprint density at radius 3 is 2.87 bits per heavy atom.